The second-order valence-corrected chi connectivity index (χ2v) is 12.4. The molecule has 0 bridgehead atoms. The molecular formula is C27H35NO8S. The molecule has 4 rings (SSSR count). The molecule has 0 aliphatic carbocycles. The van der Waals surface area contributed by atoms with E-state index in [0.29, 0.717) is 18.6 Å². The predicted molar refractivity (Wildman–Crippen MR) is 138 cm³/mol. The monoisotopic (exact) mass is 533 g/mol. The molecule has 2 saturated heterocycles. The van der Waals surface area contributed by atoms with Crippen LogP contribution < -0.4 is 4.74 Å². The minimum Gasteiger partial charge on any atom is -0.480 e. The van der Waals surface area contributed by atoms with Crippen molar-refractivity contribution in [2.75, 3.05) is 32.9 Å². The molecule has 0 saturated carbocycles. The zero-order valence-electron chi connectivity index (χ0n) is 21.2. The zero-order chi connectivity index (χ0) is 26.8. The highest BCUT2D eigenvalue weighted by Gasteiger charge is 2.54. The molecule has 10 heteroatoms. The maximum atomic E-state index is 13.4. The minimum atomic E-state index is -4.01. The lowest BCUT2D eigenvalue weighted by Crippen LogP contribution is -2.57. The number of hydrogen-bond donors (Lipinski definition) is 3. The topological polar surface area (TPSA) is 134 Å². The Kier molecular flexibility index (Phi) is 7.96. The van der Waals surface area contributed by atoms with Crippen LogP contribution in [0.4, 0.5) is 0 Å². The molecule has 2 aliphatic heterocycles. The first-order valence-corrected chi connectivity index (χ1v) is 14.0. The molecule has 0 spiro atoms. The fraction of sp³-hybridized carbons (Fsp3) is 0.519. The summed E-state index contributed by atoms with van der Waals surface area (Å²) < 4.78 is 37.1. The number of rotatable bonds is 8. The smallest absolute Gasteiger partial charge is 0.326 e. The SMILES string of the molecule is Cc1cc(C2CCN(S(=O)(=O)C3(C(=O)O)CCOCC3)CC2)ccc1-c1cccc(OC(C)(O)CO)c1. The summed E-state index contributed by atoms with van der Waals surface area (Å²) in [6, 6.07) is 13.5. The number of piperidine rings is 1. The van der Waals surface area contributed by atoms with E-state index in [1.807, 2.05) is 37.3 Å². The molecule has 0 radical (unpaired) electrons. The molecule has 2 heterocycles. The molecule has 3 N–H and O–H groups in total. The van der Waals surface area contributed by atoms with Crippen LogP contribution >= 0.6 is 0 Å². The Bertz CT molecular complexity index is 1230. The first-order chi connectivity index (χ1) is 17.5. The van der Waals surface area contributed by atoms with Crippen molar-refractivity contribution in [3.05, 3.63) is 53.6 Å². The second kappa shape index (κ2) is 10.7. The van der Waals surface area contributed by atoms with E-state index in [4.69, 9.17) is 9.47 Å². The number of nitrogens with zero attached hydrogens (tertiary/aromatic N) is 1. The third-order valence-corrected chi connectivity index (χ3v) is 10.1. The van der Waals surface area contributed by atoms with E-state index < -0.39 is 33.1 Å². The highest BCUT2D eigenvalue weighted by molar-refractivity contribution is 7.91. The van der Waals surface area contributed by atoms with Gasteiger partial charge in [-0.3, -0.25) is 4.79 Å². The molecule has 1 atom stereocenters. The molecular weight excluding hydrogens is 498 g/mol. The zero-order valence-corrected chi connectivity index (χ0v) is 22.0. The largest absolute Gasteiger partial charge is 0.480 e. The fourth-order valence-corrected chi connectivity index (χ4v) is 7.33. The number of aryl methyl sites for hydroxylation is 1. The average molecular weight is 534 g/mol. The number of carboxylic acids is 1. The van der Waals surface area contributed by atoms with Gasteiger partial charge < -0.3 is 24.8 Å². The first-order valence-electron chi connectivity index (χ1n) is 12.5. The van der Waals surface area contributed by atoms with Crippen molar-refractivity contribution in [2.45, 2.75) is 56.0 Å². The normalized spacial score (nSPS) is 20.8. The molecule has 2 aliphatic rings. The van der Waals surface area contributed by atoms with Crippen LogP contribution in [-0.4, -0.2) is 77.5 Å². The summed E-state index contributed by atoms with van der Waals surface area (Å²) in [5.74, 6) is -2.35. The predicted octanol–water partition coefficient (Wildman–Crippen LogP) is 2.88. The number of aliphatic carboxylic acids is 1. The van der Waals surface area contributed by atoms with Crippen molar-refractivity contribution in [1.82, 2.24) is 4.31 Å². The van der Waals surface area contributed by atoms with Crippen molar-refractivity contribution < 1.29 is 38.0 Å². The summed E-state index contributed by atoms with van der Waals surface area (Å²) in [7, 11) is -4.01. The summed E-state index contributed by atoms with van der Waals surface area (Å²) in [5.41, 5.74) is 4.07. The van der Waals surface area contributed by atoms with Gasteiger partial charge in [0.1, 0.15) is 12.4 Å². The third kappa shape index (κ3) is 5.53. The Morgan fingerprint density at radius 3 is 2.43 bits per heavy atom. The molecule has 2 aromatic rings. The van der Waals surface area contributed by atoms with E-state index in [9.17, 15) is 28.5 Å². The van der Waals surface area contributed by atoms with E-state index in [1.165, 1.54) is 11.2 Å². The number of carbonyl (C=O) groups is 1. The van der Waals surface area contributed by atoms with Crippen LogP contribution in [0.2, 0.25) is 0 Å². The molecule has 37 heavy (non-hydrogen) atoms. The van der Waals surface area contributed by atoms with E-state index in [0.717, 1.165) is 22.3 Å². The number of hydrogen-bond acceptors (Lipinski definition) is 7. The molecule has 1 unspecified atom stereocenters. The maximum absolute atomic E-state index is 13.4. The van der Waals surface area contributed by atoms with Gasteiger partial charge in [0.25, 0.3) is 0 Å². The number of carboxylic acid groups (broad SMARTS) is 1. The van der Waals surface area contributed by atoms with Gasteiger partial charge in [0.05, 0.1) is 0 Å². The van der Waals surface area contributed by atoms with Crippen LogP contribution in [0.5, 0.6) is 5.75 Å². The standard InChI is InChI=1S/C27H35NO8S/c1-19-16-21(6-7-24(19)22-4-3-5-23(17-22)36-26(2,32)18-29)20-8-12-28(13-9-20)37(33,34)27(25(30)31)10-14-35-15-11-27/h3-7,16-17,20,29,32H,8-15,18H2,1-2H3,(H,30,31). The number of benzene rings is 2. The van der Waals surface area contributed by atoms with Crippen molar-refractivity contribution in [3.8, 4) is 16.9 Å². The van der Waals surface area contributed by atoms with Crippen LogP contribution in [0.1, 0.15) is 49.7 Å². The Labute approximate surface area is 217 Å². The highest BCUT2D eigenvalue weighted by atomic mass is 32.2. The van der Waals surface area contributed by atoms with Gasteiger partial charge in [-0.1, -0.05) is 30.3 Å². The summed E-state index contributed by atoms with van der Waals surface area (Å²) in [6.45, 7) is 3.70. The van der Waals surface area contributed by atoms with Crippen LogP contribution in [-0.2, 0) is 19.6 Å². The van der Waals surface area contributed by atoms with Gasteiger partial charge in [0.2, 0.25) is 15.8 Å². The van der Waals surface area contributed by atoms with Crippen LogP contribution in [0, 0.1) is 6.92 Å². The van der Waals surface area contributed by atoms with Crippen LogP contribution in [0.15, 0.2) is 42.5 Å². The molecule has 0 aromatic heterocycles. The van der Waals surface area contributed by atoms with E-state index >= 15 is 0 Å². The minimum absolute atomic E-state index is 0.0327. The highest BCUT2D eigenvalue weighted by Crippen LogP contribution is 2.38. The average Bonchev–Trinajstić information content (AvgIpc) is 2.89. The van der Waals surface area contributed by atoms with Gasteiger partial charge in [-0.25, -0.2) is 12.7 Å². The third-order valence-electron chi connectivity index (χ3n) is 7.48. The second-order valence-electron chi connectivity index (χ2n) is 10.1. The Morgan fingerprint density at radius 1 is 1.16 bits per heavy atom. The van der Waals surface area contributed by atoms with Crippen molar-refractivity contribution in [1.29, 1.82) is 0 Å². The fourth-order valence-electron chi connectivity index (χ4n) is 5.24. The number of aliphatic hydroxyl groups excluding tert-OH is 1. The molecule has 0 amide bonds. The molecule has 9 nitrogen and oxygen atoms in total. The Hall–Kier alpha value is -2.50. The summed E-state index contributed by atoms with van der Waals surface area (Å²) in [4.78, 5) is 12.0. The van der Waals surface area contributed by atoms with Crippen LogP contribution in [0.3, 0.4) is 0 Å². The molecule has 2 aromatic carbocycles. The Morgan fingerprint density at radius 2 is 1.84 bits per heavy atom. The van der Waals surface area contributed by atoms with Gasteiger partial charge in [-0.15, -0.1) is 0 Å². The van der Waals surface area contributed by atoms with Gasteiger partial charge in [0, 0.05) is 46.1 Å². The number of ether oxygens (including phenoxy) is 2. The van der Waals surface area contributed by atoms with Gasteiger partial charge in [0.15, 0.2) is 4.75 Å². The summed E-state index contributed by atoms with van der Waals surface area (Å²) >= 11 is 0. The van der Waals surface area contributed by atoms with Crippen molar-refractivity contribution >= 4 is 16.0 Å². The van der Waals surface area contributed by atoms with Crippen LogP contribution in [0.25, 0.3) is 11.1 Å². The first kappa shape index (κ1) is 27.5. The quantitative estimate of drug-likeness (QED) is 0.441. The molecule has 202 valence electrons. The van der Waals surface area contributed by atoms with Gasteiger partial charge >= 0.3 is 5.97 Å². The lowest BCUT2D eigenvalue weighted by Gasteiger charge is -2.39. The van der Waals surface area contributed by atoms with E-state index in [1.54, 1.807) is 6.07 Å². The summed E-state index contributed by atoms with van der Waals surface area (Å²) in [6.07, 6.45) is 1.16. The lowest BCUT2D eigenvalue weighted by atomic mass is 9.87. The van der Waals surface area contributed by atoms with Gasteiger partial charge in [-0.05, 0) is 60.1 Å². The van der Waals surface area contributed by atoms with Gasteiger partial charge in [-0.2, -0.15) is 0 Å². The van der Waals surface area contributed by atoms with Crippen molar-refractivity contribution in [3.63, 3.8) is 0 Å². The number of sulfonamides is 1. The molecule has 2 fully saturated rings. The lowest BCUT2D eigenvalue weighted by molar-refractivity contribution is -0.150. The van der Waals surface area contributed by atoms with Crippen molar-refractivity contribution in [2.24, 2.45) is 0 Å². The summed E-state index contributed by atoms with van der Waals surface area (Å²) in [5, 5.41) is 29.1. The van der Waals surface area contributed by atoms with E-state index in [2.05, 4.69) is 6.07 Å². The Balaban J connectivity index is 1.47. The maximum Gasteiger partial charge on any atom is 0.326 e. The number of aliphatic hydroxyl groups is 2. The van der Waals surface area contributed by atoms with E-state index in [-0.39, 0.29) is 45.1 Å².